The molecule has 0 N–H and O–H groups in total. The molecule has 0 aromatic heterocycles. The van der Waals surface area contributed by atoms with Crippen LogP contribution >= 0.6 is 0 Å². The van der Waals surface area contributed by atoms with Gasteiger partial charge >= 0.3 is 0 Å². The molecule has 0 radical (unpaired) electrons. The molecule has 1 aromatic rings. The van der Waals surface area contributed by atoms with Crippen molar-refractivity contribution in [1.82, 2.24) is 0 Å². The summed E-state index contributed by atoms with van der Waals surface area (Å²) in [6.07, 6.45) is 3.86. The van der Waals surface area contributed by atoms with Gasteiger partial charge in [-0.3, -0.25) is 0 Å². The van der Waals surface area contributed by atoms with E-state index in [-0.39, 0.29) is 6.04 Å². The molecule has 0 aliphatic carbocycles. The quantitative estimate of drug-likeness (QED) is 0.578. The average molecular weight is 218 g/mol. The lowest BCUT2D eigenvalue weighted by Crippen LogP contribution is -1.91. The first-order chi connectivity index (χ1) is 7.74. The second-order valence-corrected chi connectivity index (χ2v) is 3.02. The highest BCUT2D eigenvalue weighted by Crippen LogP contribution is 2.06. The summed E-state index contributed by atoms with van der Waals surface area (Å²) in [5.74, 6) is 0. The fourth-order valence-electron chi connectivity index (χ4n) is 0.736. The van der Waals surface area contributed by atoms with Crippen LogP contribution in [0.25, 0.3) is 0 Å². The molecule has 16 heavy (non-hydrogen) atoms. The summed E-state index contributed by atoms with van der Waals surface area (Å²) in [6, 6.07) is 9.13. The smallest absolute Gasteiger partial charge is 0.211 e. The molecule has 0 aliphatic rings. The fraction of sp³-hybridized carbons (Fsp3) is 0.333. The number of carbonyl (C=O) groups excluding carboxylic acids is 2. The Morgan fingerprint density at radius 3 is 2.19 bits per heavy atom. The van der Waals surface area contributed by atoms with Gasteiger partial charge in [-0.15, -0.1) is 0 Å². The van der Waals surface area contributed by atoms with E-state index in [0.717, 1.165) is 6.42 Å². The number of nitrogens with zero attached hydrogens (tertiary/aromatic N) is 2. The van der Waals surface area contributed by atoms with Crippen LogP contribution in [-0.4, -0.2) is 18.2 Å². The summed E-state index contributed by atoms with van der Waals surface area (Å²) >= 11 is 0. The maximum absolute atomic E-state index is 9.68. The van der Waals surface area contributed by atoms with Gasteiger partial charge in [0.25, 0.3) is 0 Å². The monoisotopic (exact) mass is 218 g/mol. The summed E-state index contributed by atoms with van der Waals surface area (Å²) < 4.78 is 0. The first-order valence-corrected chi connectivity index (χ1v) is 4.94. The lowest BCUT2D eigenvalue weighted by atomic mass is 10.3. The predicted octanol–water partition coefficient (Wildman–Crippen LogP) is 2.77. The van der Waals surface area contributed by atoms with E-state index in [1.54, 1.807) is 12.1 Å². The highest BCUT2D eigenvalue weighted by Gasteiger charge is 1.88. The number of isocyanates is 2. The molecule has 1 atom stereocenters. The van der Waals surface area contributed by atoms with Gasteiger partial charge in [-0.25, -0.2) is 14.6 Å². The first kappa shape index (κ1) is 14.0. The van der Waals surface area contributed by atoms with Crippen molar-refractivity contribution in [3.8, 4) is 0 Å². The van der Waals surface area contributed by atoms with Crippen molar-refractivity contribution >= 4 is 17.8 Å². The summed E-state index contributed by atoms with van der Waals surface area (Å²) in [7, 11) is 0. The highest BCUT2D eigenvalue weighted by molar-refractivity contribution is 5.47. The number of para-hydroxylation sites is 1. The van der Waals surface area contributed by atoms with E-state index in [1.165, 1.54) is 12.2 Å². The topological polar surface area (TPSA) is 58.9 Å². The van der Waals surface area contributed by atoms with Gasteiger partial charge < -0.3 is 0 Å². The molecular weight excluding hydrogens is 204 g/mol. The maximum atomic E-state index is 9.68. The minimum atomic E-state index is 0.150. The van der Waals surface area contributed by atoms with E-state index in [2.05, 4.69) is 9.98 Å². The Labute approximate surface area is 94.7 Å². The number of benzene rings is 1. The van der Waals surface area contributed by atoms with E-state index in [0.29, 0.717) is 5.69 Å². The van der Waals surface area contributed by atoms with Crippen molar-refractivity contribution in [2.24, 2.45) is 9.98 Å². The standard InChI is InChI=1S/C7H5NO.C5H9NO/c9-6-8-7-4-2-1-3-5-7;1-3-5(2)6-4-7/h1-5H;5H,3H2,1-2H3. The molecule has 84 valence electrons. The van der Waals surface area contributed by atoms with Crippen LogP contribution in [0, 0.1) is 0 Å². The van der Waals surface area contributed by atoms with Gasteiger partial charge in [-0.05, 0) is 25.5 Å². The molecule has 0 aliphatic heterocycles. The summed E-state index contributed by atoms with van der Waals surface area (Å²) in [4.78, 5) is 26.0. The number of rotatable bonds is 3. The van der Waals surface area contributed by atoms with Gasteiger partial charge in [0.2, 0.25) is 12.2 Å². The molecule has 0 saturated carbocycles. The zero-order valence-electron chi connectivity index (χ0n) is 9.38. The van der Waals surface area contributed by atoms with Gasteiger partial charge in [-0.2, -0.15) is 4.99 Å². The highest BCUT2D eigenvalue weighted by atomic mass is 16.1. The third-order valence-corrected chi connectivity index (χ3v) is 1.79. The lowest BCUT2D eigenvalue weighted by molar-refractivity contribution is 0.557. The van der Waals surface area contributed by atoms with Gasteiger partial charge in [-0.1, -0.05) is 25.1 Å². The molecule has 0 heterocycles. The molecule has 0 amide bonds. The molecular formula is C12H14N2O2. The molecule has 0 bridgehead atoms. The van der Waals surface area contributed by atoms with Crippen molar-refractivity contribution in [2.45, 2.75) is 26.3 Å². The molecule has 1 aromatic carbocycles. The third kappa shape index (κ3) is 7.39. The predicted molar refractivity (Wildman–Crippen MR) is 62.1 cm³/mol. The minimum absolute atomic E-state index is 0.150. The fourth-order valence-corrected chi connectivity index (χ4v) is 0.736. The lowest BCUT2D eigenvalue weighted by Gasteiger charge is -1.91. The van der Waals surface area contributed by atoms with Crippen molar-refractivity contribution in [2.75, 3.05) is 0 Å². The Morgan fingerprint density at radius 2 is 1.81 bits per heavy atom. The van der Waals surface area contributed by atoms with E-state index >= 15 is 0 Å². The van der Waals surface area contributed by atoms with Crippen LogP contribution in [0.3, 0.4) is 0 Å². The molecule has 1 unspecified atom stereocenters. The van der Waals surface area contributed by atoms with E-state index < -0.39 is 0 Å². The van der Waals surface area contributed by atoms with Crippen molar-refractivity contribution < 1.29 is 9.59 Å². The van der Waals surface area contributed by atoms with Crippen LogP contribution < -0.4 is 0 Å². The minimum Gasteiger partial charge on any atom is -0.211 e. The van der Waals surface area contributed by atoms with E-state index in [4.69, 9.17) is 0 Å². The number of aliphatic imine (C=N–C) groups is 2. The van der Waals surface area contributed by atoms with Crippen molar-refractivity contribution in [1.29, 1.82) is 0 Å². The Balaban J connectivity index is 0.000000293. The Bertz CT molecular complexity index is 377. The number of hydrogen-bond acceptors (Lipinski definition) is 4. The zero-order chi connectivity index (χ0) is 12.2. The molecule has 0 spiro atoms. The second kappa shape index (κ2) is 9.53. The van der Waals surface area contributed by atoms with Gasteiger partial charge in [0.05, 0.1) is 11.7 Å². The second-order valence-electron chi connectivity index (χ2n) is 3.02. The largest absolute Gasteiger partial charge is 0.240 e. The maximum Gasteiger partial charge on any atom is 0.240 e. The Morgan fingerprint density at radius 1 is 1.19 bits per heavy atom. The Hall–Kier alpha value is -2.02. The summed E-state index contributed by atoms with van der Waals surface area (Å²) in [5.41, 5.74) is 0.646. The SMILES string of the molecule is CCC(C)N=C=O.O=C=Nc1ccccc1. The molecule has 1 rings (SSSR count). The van der Waals surface area contributed by atoms with Crippen LogP contribution in [0.1, 0.15) is 20.3 Å². The van der Waals surface area contributed by atoms with E-state index in [1.807, 2.05) is 32.0 Å². The van der Waals surface area contributed by atoms with Gasteiger partial charge in [0.1, 0.15) is 0 Å². The zero-order valence-corrected chi connectivity index (χ0v) is 9.38. The first-order valence-electron chi connectivity index (χ1n) is 4.94. The average Bonchev–Trinajstić information content (AvgIpc) is 2.32. The van der Waals surface area contributed by atoms with Crippen LogP contribution in [0.5, 0.6) is 0 Å². The normalized spacial score (nSPS) is 9.88. The van der Waals surface area contributed by atoms with Crippen LogP contribution in [-0.2, 0) is 9.59 Å². The molecule has 0 fully saturated rings. The third-order valence-electron chi connectivity index (χ3n) is 1.79. The van der Waals surface area contributed by atoms with Crippen LogP contribution in [0.2, 0.25) is 0 Å². The Kier molecular flexibility index (Phi) is 8.33. The van der Waals surface area contributed by atoms with Gasteiger partial charge in [0.15, 0.2) is 0 Å². The summed E-state index contributed by atoms with van der Waals surface area (Å²) in [6.45, 7) is 3.86. The molecule has 0 saturated heterocycles. The van der Waals surface area contributed by atoms with Crippen molar-refractivity contribution in [3.05, 3.63) is 30.3 Å². The number of hydrogen-bond donors (Lipinski definition) is 0. The van der Waals surface area contributed by atoms with Crippen LogP contribution in [0.4, 0.5) is 5.69 Å². The van der Waals surface area contributed by atoms with Gasteiger partial charge in [0, 0.05) is 0 Å². The van der Waals surface area contributed by atoms with Crippen LogP contribution in [0.15, 0.2) is 40.3 Å². The summed E-state index contributed by atoms with van der Waals surface area (Å²) in [5, 5.41) is 0. The van der Waals surface area contributed by atoms with Crippen molar-refractivity contribution in [3.63, 3.8) is 0 Å². The molecule has 4 nitrogen and oxygen atoms in total. The molecule has 4 heteroatoms. The van der Waals surface area contributed by atoms with E-state index in [9.17, 15) is 9.59 Å².